The lowest BCUT2D eigenvalue weighted by molar-refractivity contribution is 0.815. The van der Waals surface area contributed by atoms with Crippen LogP contribution in [0.15, 0.2) is 16.9 Å². The van der Waals surface area contributed by atoms with Crippen molar-refractivity contribution in [3.8, 4) is 0 Å². The third-order valence-corrected chi connectivity index (χ3v) is 0.734. The first-order valence-electron chi connectivity index (χ1n) is 4.11. The third kappa shape index (κ3) is 9.01. The molecule has 0 saturated carbocycles. The highest BCUT2D eigenvalue weighted by molar-refractivity contribution is 5.77. The normalized spacial score (nSPS) is 12.5. The van der Waals surface area contributed by atoms with Crippen molar-refractivity contribution in [2.24, 2.45) is 10.8 Å². The Kier molecular flexibility index (Phi) is 13.5. The summed E-state index contributed by atoms with van der Waals surface area (Å²) in [6, 6.07) is 0. The average molecular weight is 157 g/mol. The van der Waals surface area contributed by atoms with Gasteiger partial charge in [0.1, 0.15) is 0 Å². The minimum atomic E-state index is 0.735. The van der Waals surface area contributed by atoms with Crippen LogP contribution in [0.2, 0.25) is 0 Å². The minimum Gasteiger partial charge on any atom is -0.398 e. The van der Waals surface area contributed by atoms with Crippen LogP contribution in [0.25, 0.3) is 0 Å². The molecule has 0 aromatic carbocycles. The van der Waals surface area contributed by atoms with Crippen molar-refractivity contribution in [1.29, 1.82) is 0 Å². The van der Waals surface area contributed by atoms with Crippen molar-refractivity contribution in [3.63, 3.8) is 0 Å². The van der Waals surface area contributed by atoms with Gasteiger partial charge in [-0.05, 0) is 6.08 Å². The molecule has 1 aliphatic rings. The van der Waals surface area contributed by atoms with E-state index >= 15 is 0 Å². The Bertz CT molecular complexity index is 117. The average Bonchev–Trinajstić information content (AvgIpc) is 2.13. The summed E-state index contributed by atoms with van der Waals surface area (Å²) in [5, 5.41) is 3.69. The van der Waals surface area contributed by atoms with E-state index in [0.717, 1.165) is 12.2 Å². The van der Waals surface area contributed by atoms with Crippen LogP contribution in [0.4, 0.5) is 0 Å². The summed E-state index contributed by atoms with van der Waals surface area (Å²) in [4.78, 5) is 0. The zero-order chi connectivity index (χ0) is 9.11. The van der Waals surface area contributed by atoms with Crippen LogP contribution >= 0.6 is 0 Å². The molecule has 3 nitrogen and oxygen atoms in total. The molecule has 3 heteroatoms. The van der Waals surface area contributed by atoms with Crippen LogP contribution in [0.3, 0.4) is 0 Å². The van der Waals surface area contributed by atoms with Crippen LogP contribution in [0.5, 0.6) is 0 Å². The number of hydrogen-bond donors (Lipinski definition) is 2. The molecule has 0 radical (unpaired) electrons. The van der Waals surface area contributed by atoms with Gasteiger partial charge in [-0.1, -0.05) is 27.7 Å². The maximum Gasteiger partial charge on any atom is 0.0695 e. The summed E-state index contributed by atoms with van der Waals surface area (Å²) in [6.45, 7) is 8.75. The number of hydrogen-bond acceptors (Lipinski definition) is 3. The van der Waals surface area contributed by atoms with E-state index in [9.17, 15) is 0 Å². The van der Waals surface area contributed by atoms with Gasteiger partial charge in [-0.2, -0.15) is 5.10 Å². The molecule has 11 heavy (non-hydrogen) atoms. The van der Waals surface area contributed by atoms with E-state index in [4.69, 9.17) is 5.73 Å². The quantitative estimate of drug-likeness (QED) is 0.559. The van der Waals surface area contributed by atoms with E-state index in [1.165, 1.54) is 0 Å². The van der Waals surface area contributed by atoms with Gasteiger partial charge in [0, 0.05) is 5.70 Å². The predicted octanol–water partition coefficient (Wildman–Crippen LogP) is 1.47. The smallest absolute Gasteiger partial charge is 0.0695 e. The summed E-state index contributed by atoms with van der Waals surface area (Å²) in [5.74, 6) is 0. The second kappa shape index (κ2) is 11.8. The molecule has 0 fully saturated rings. The van der Waals surface area contributed by atoms with Gasteiger partial charge in [-0.25, -0.2) is 0 Å². The minimum absolute atomic E-state index is 0.735. The Balaban J connectivity index is 0. The van der Waals surface area contributed by atoms with Crippen LogP contribution in [0.1, 0.15) is 27.7 Å². The molecule has 0 bridgehead atoms. The van der Waals surface area contributed by atoms with E-state index in [0.29, 0.717) is 0 Å². The zero-order valence-electron chi connectivity index (χ0n) is 7.89. The largest absolute Gasteiger partial charge is 0.398 e. The van der Waals surface area contributed by atoms with Gasteiger partial charge in [0.05, 0.1) is 12.8 Å². The predicted molar refractivity (Wildman–Crippen MR) is 51.5 cm³/mol. The summed E-state index contributed by atoms with van der Waals surface area (Å²) in [7, 11) is 0. The van der Waals surface area contributed by atoms with Gasteiger partial charge in [0.25, 0.3) is 0 Å². The van der Waals surface area contributed by atoms with Gasteiger partial charge in [-0.15, -0.1) is 0 Å². The van der Waals surface area contributed by atoms with E-state index in [1.807, 2.05) is 33.8 Å². The van der Waals surface area contributed by atoms with Crippen molar-refractivity contribution in [3.05, 3.63) is 11.8 Å². The number of hydrazone groups is 1. The van der Waals surface area contributed by atoms with E-state index < -0.39 is 0 Å². The molecule has 0 unspecified atom stereocenters. The lowest BCUT2D eigenvalue weighted by atomic mass is 10.4. The van der Waals surface area contributed by atoms with Gasteiger partial charge < -0.3 is 11.2 Å². The van der Waals surface area contributed by atoms with Crippen molar-refractivity contribution in [2.75, 3.05) is 6.54 Å². The second-order valence-electron chi connectivity index (χ2n) is 1.32. The van der Waals surface area contributed by atoms with E-state index in [1.54, 1.807) is 6.21 Å². The second-order valence-corrected chi connectivity index (χ2v) is 1.32. The first-order chi connectivity index (χ1) is 5.39. The van der Waals surface area contributed by atoms with Crippen molar-refractivity contribution in [2.45, 2.75) is 27.7 Å². The summed E-state index contributed by atoms with van der Waals surface area (Å²) in [6.07, 6.45) is 3.45. The Morgan fingerprint density at radius 3 is 2.09 bits per heavy atom. The van der Waals surface area contributed by atoms with Gasteiger partial charge >= 0.3 is 0 Å². The molecule has 0 aliphatic carbocycles. The Labute approximate surface area is 69.4 Å². The molecule has 0 saturated heterocycles. The number of nitrogens with zero attached hydrogens (tertiary/aromatic N) is 1. The first-order valence-corrected chi connectivity index (χ1v) is 4.11. The molecular formula is C8H19N3. The van der Waals surface area contributed by atoms with Gasteiger partial charge in [0.15, 0.2) is 0 Å². The maximum atomic E-state index is 5.31. The van der Waals surface area contributed by atoms with Gasteiger partial charge in [-0.3, -0.25) is 0 Å². The van der Waals surface area contributed by atoms with Crippen LogP contribution < -0.4 is 11.2 Å². The lowest BCUT2D eigenvalue weighted by Crippen LogP contribution is -2.14. The standard InChI is InChI=1S/C4H7N3.2C2H6/c5-4-1-2-6-7-3-4;2*1-2/h1,3,6H,2,5H2;2*1-2H3. The topological polar surface area (TPSA) is 50.4 Å². The molecule has 0 aromatic heterocycles. The van der Waals surface area contributed by atoms with Crippen LogP contribution in [0, 0.1) is 0 Å². The molecule has 66 valence electrons. The van der Waals surface area contributed by atoms with Crippen molar-refractivity contribution in [1.82, 2.24) is 5.43 Å². The maximum absolute atomic E-state index is 5.31. The number of nitrogens with two attached hydrogens (primary N) is 1. The summed E-state index contributed by atoms with van der Waals surface area (Å²) in [5.41, 5.74) is 8.77. The molecular weight excluding hydrogens is 138 g/mol. The molecule has 1 heterocycles. The Hall–Kier alpha value is -0.990. The molecule has 0 spiro atoms. The van der Waals surface area contributed by atoms with Gasteiger partial charge in [0.2, 0.25) is 0 Å². The third-order valence-electron chi connectivity index (χ3n) is 0.734. The Morgan fingerprint density at radius 1 is 1.36 bits per heavy atom. The molecule has 0 atom stereocenters. The lowest BCUT2D eigenvalue weighted by Gasteiger charge is -1.99. The first kappa shape index (κ1) is 12.7. The number of rotatable bonds is 0. The molecule has 1 aliphatic heterocycles. The Morgan fingerprint density at radius 2 is 1.91 bits per heavy atom. The van der Waals surface area contributed by atoms with E-state index in [-0.39, 0.29) is 0 Å². The molecule has 0 amide bonds. The monoisotopic (exact) mass is 157 g/mol. The summed E-state index contributed by atoms with van der Waals surface area (Å²) >= 11 is 0. The van der Waals surface area contributed by atoms with Crippen molar-refractivity contribution >= 4 is 6.21 Å². The molecule has 1 rings (SSSR count). The fourth-order valence-electron chi connectivity index (χ4n) is 0.389. The molecule has 0 aromatic rings. The highest BCUT2D eigenvalue weighted by atomic mass is 15.3. The summed E-state index contributed by atoms with van der Waals surface area (Å²) < 4.78 is 0. The number of nitrogens with one attached hydrogen (secondary N) is 1. The zero-order valence-corrected chi connectivity index (χ0v) is 7.89. The van der Waals surface area contributed by atoms with Crippen LogP contribution in [-0.4, -0.2) is 12.8 Å². The molecule has 3 N–H and O–H groups in total. The van der Waals surface area contributed by atoms with Crippen molar-refractivity contribution < 1.29 is 0 Å². The fourth-order valence-corrected chi connectivity index (χ4v) is 0.389. The number of allylic oxidation sites excluding steroid dienone is 1. The SMILES string of the molecule is CC.CC.NC1=CCNN=C1. The van der Waals surface area contributed by atoms with Crippen LogP contribution in [-0.2, 0) is 0 Å². The highest BCUT2D eigenvalue weighted by Gasteiger charge is 1.86. The highest BCUT2D eigenvalue weighted by Crippen LogP contribution is 1.80. The van der Waals surface area contributed by atoms with E-state index in [2.05, 4.69) is 10.5 Å². The fraction of sp³-hybridized carbons (Fsp3) is 0.625.